The van der Waals surface area contributed by atoms with Crippen molar-refractivity contribution in [3.8, 4) is 5.88 Å². The SMILES string of the molecule is COc1nc(Br)cc(C(N)=O)c1N. The lowest BCUT2D eigenvalue weighted by atomic mass is 10.2. The summed E-state index contributed by atoms with van der Waals surface area (Å²) in [6.07, 6.45) is 0. The molecule has 1 aromatic heterocycles. The molecule has 0 saturated heterocycles. The van der Waals surface area contributed by atoms with Crippen molar-refractivity contribution in [2.24, 2.45) is 5.73 Å². The van der Waals surface area contributed by atoms with Crippen molar-refractivity contribution in [1.82, 2.24) is 4.98 Å². The van der Waals surface area contributed by atoms with E-state index in [1.807, 2.05) is 0 Å². The molecule has 13 heavy (non-hydrogen) atoms. The minimum atomic E-state index is -0.612. The summed E-state index contributed by atoms with van der Waals surface area (Å²) in [5.74, 6) is -0.429. The normalized spacial score (nSPS) is 9.69. The van der Waals surface area contributed by atoms with E-state index in [2.05, 4.69) is 20.9 Å². The van der Waals surface area contributed by atoms with Crippen LogP contribution >= 0.6 is 15.9 Å². The predicted octanol–water partition coefficient (Wildman–Crippen LogP) is 0.534. The van der Waals surface area contributed by atoms with Crippen molar-refractivity contribution in [3.63, 3.8) is 0 Å². The number of hydrogen-bond donors (Lipinski definition) is 2. The maximum Gasteiger partial charge on any atom is 0.251 e. The lowest BCUT2D eigenvalue weighted by Crippen LogP contribution is -2.14. The van der Waals surface area contributed by atoms with Crippen molar-refractivity contribution in [2.75, 3.05) is 12.8 Å². The van der Waals surface area contributed by atoms with Gasteiger partial charge >= 0.3 is 0 Å². The second-order valence-electron chi connectivity index (χ2n) is 2.28. The van der Waals surface area contributed by atoms with Gasteiger partial charge in [-0.3, -0.25) is 4.79 Å². The van der Waals surface area contributed by atoms with Gasteiger partial charge in [0.05, 0.1) is 12.7 Å². The van der Waals surface area contributed by atoms with E-state index in [-0.39, 0.29) is 17.1 Å². The first-order valence-electron chi connectivity index (χ1n) is 3.36. The average Bonchev–Trinajstić information content (AvgIpc) is 2.08. The van der Waals surface area contributed by atoms with Crippen LogP contribution in [0.1, 0.15) is 10.4 Å². The molecule has 0 aliphatic rings. The molecule has 0 aromatic carbocycles. The highest BCUT2D eigenvalue weighted by atomic mass is 79.9. The number of aromatic nitrogens is 1. The Morgan fingerprint density at radius 1 is 1.69 bits per heavy atom. The molecule has 0 aliphatic carbocycles. The molecular formula is C7H8BrN3O2. The molecule has 0 saturated carbocycles. The molecular weight excluding hydrogens is 238 g/mol. The van der Waals surface area contributed by atoms with Gasteiger partial charge in [-0.1, -0.05) is 0 Å². The first-order chi connectivity index (χ1) is 6.06. The molecule has 4 N–H and O–H groups in total. The number of pyridine rings is 1. The quantitative estimate of drug-likeness (QED) is 0.744. The minimum Gasteiger partial charge on any atom is -0.479 e. The maximum atomic E-state index is 10.9. The number of carbonyl (C=O) groups is 1. The summed E-state index contributed by atoms with van der Waals surface area (Å²) in [5.41, 5.74) is 11.0. The molecule has 0 radical (unpaired) electrons. The van der Waals surface area contributed by atoms with Gasteiger partial charge in [0, 0.05) is 0 Å². The molecule has 1 aromatic rings. The number of rotatable bonds is 2. The van der Waals surface area contributed by atoms with E-state index >= 15 is 0 Å². The van der Waals surface area contributed by atoms with Crippen LogP contribution in [0.4, 0.5) is 5.69 Å². The number of amides is 1. The molecule has 0 unspecified atom stereocenters. The molecule has 0 atom stereocenters. The van der Waals surface area contributed by atoms with Gasteiger partial charge < -0.3 is 16.2 Å². The second-order valence-corrected chi connectivity index (χ2v) is 3.09. The van der Waals surface area contributed by atoms with Crippen molar-refractivity contribution in [3.05, 3.63) is 16.2 Å². The average molecular weight is 246 g/mol. The Hall–Kier alpha value is -1.30. The number of methoxy groups -OCH3 is 1. The summed E-state index contributed by atoms with van der Waals surface area (Å²) in [6.45, 7) is 0. The molecule has 1 heterocycles. The fourth-order valence-electron chi connectivity index (χ4n) is 0.861. The number of nitrogens with two attached hydrogens (primary N) is 2. The molecule has 0 fully saturated rings. The Bertz CT molecular complexity index is 354. The highest BCUT2D eigenvalue weighted by Crippen LogP contribution is 2.25. The number of primary amides is 1. The summed E-state index contributed by atoms with van der Waals surface area (Å²) in [4.78, 5) is 14.8. The summed E-state index contributed by atoms with van der Waals surface area (Å²) < 4.78 is 5.29. The zero-order chi connectivity index (χ0) is 10.0. The van der Waals surface area contributed by atoms with Crippen LogP contribution in [0.2, 0.25) is 0 Å². The van der Waals surface area contributed by atoms with Crippen LogP contribution in [-0.4, -0.2) is 18.0 Å². The fraction of sp³-hybridized carbons (Fsp3) is 0.143. The molecule has 70 valence electrons. The van der Waals surface area contributed by atoms with Crippen molar-refractivity contribution < 1.29 is 9.53 Å². The summed E-state index contributed by atoms with van der Waals surface area (Å²) in [6, 6.07) is 1.44. The summed E-state index contributed by atoms with van der Waals surface area (Å²) in [7, 11) is 1.41. The van der Waals surface area contributed by atoms with E-state index in [9.17, 15) is 4.79 Å². The molecule has 5 nitrogen and oxygen atoms in total. The van der Waals surface area contributed by atoms with Gasteiger partial charge in [0.1, 0.15) is 10.3 Å². The van der Waals surface area contributed by atoms with Crippen LogP contribution in [0.5, 0.6) is 5.88 Å². The lowest BCUT2D eigenvalue weighted by molar-refractivity contribution is 0.100. The number of hydrogen-bond acceptors (Lipinski definition) is 4. The fourth-order valence-corrected chi connectivity index (χ4v) is 1.25. The van der Waals surface area contributed by atoms with Crippen LogP contribution < -0.4 is 16.2 Å². The van der Waals surface area contributed by atoms with Gasteiger partial charge in [-0.05, 0) is 22.0 Å². The van der Waals surface area contributed by atoms with Crippen LogP contribution in [0, 0.1) is 0 Å². The Morgan fingerprint density at radius 2 is 2.31 bits per heavy atom. The third-order valence-electron chi connectivity index (χ3n) is 1.45. The lowest BCUT2D eigenvalue weighted by Gasteiger charge is -2.06. The van der Waals surface area contributed by atoms with E-state index in [4.69, 9.17) is 16.2 Å². The predicted molar refractivity (Wildman–Crippen MR) is 51.4 cm³/mol. The highest BCUT2D eigenvalue weighted by Gasteiger charge is 2.12. The molecule has 0 spiro atoms. The molecule has 0 aliphatic heterocycles. The standard InChI is InChI=1S/C7H8BrN3O2/c1-13-7-5(9)3(6(10)12)2-4(8)11-7/h2H,9H2,1H3,(H2,10,12). The van der Waals surface area contributed by atoms with Crippen molar-refractivity contribution in [1.29, 1.82) is 0 Å². The number of halogens is 1. The minimum absolute atomic E-state index is 0.151. The van der Waals surface area contributed by atoms with Gasteiger partial charge in [0.25, 0.3) is 5.91 Å². The van der Waals surface area contributed by atoms with E-state index in [1.165, 1.54) is 13.2 Å². The van der Waals surface area contributed by atoms with Crippen molar-refractivity contribution in [2.45, 2.75) is 0 Å². The maximum absolute atomic E-state index is 10.9. The van der Waals surface area contributed by atoms with E-state index in [0.717, 1.165) is 0 Å². The Morgan fingerprint density at radius 3 is 2.77 bits per heavy atom. The third-order valence-corrected chi connectivity index (χ3v) is 1.86. The van der Waals surface area contributed by atoms with E-state index in [0.29, 0.717) is 4.60 Å². The third kappa shape index (κ3) is 1.89. The van der Waals surface area contributed by atoms with Gasteiger partial charge in [0.2, 0.25) is 5.88 Å². The number of nitrogen functional groups attached to an aromatic ring is 1. The zero-order valence-electron chi connectivity index (χ0n) is 6.87. The number of anilines is 1. The first kappa shape index (κ1) is 9.79. The van der Waals surface area contributed by atoms with Crippen LogP contribution in [-0.2, 0) is 0 Å². The van der Waals surface area contributed by atoms with Crippen LogP contribution in [0.3, 0.4) is 0 Å². The van der Waals surface area contributed by atoms with E-state index in [1.54, 1.807) is 0 Å². The molecule has 1 amide bonds. The highest BCUT2D eigenvalue weighted by molar-refractivity contribution is 9.10. The smallest absolute Gasteiger partial charge is 0.251 e. The van der Waals surface area contributed by atoms with Crippen molar-refractivity contribution >= 4 is 27.5 Å². The Kier molecular flexibility index (Phi) is 2.72. The van der Waals surface area contributed by atoms with Crippen LogP contribution in [0.25, 0.3) is 0 Å². The topological polar surface area (TPSA) is 91.2 Å². The van der Waals surface area contributed by atoms with E-state index < -0.39 is 5.91 Å². The number of ether oxygens (including phenoxy) is 1. The first-order valence-corrected chi connectivity index (χ1v) is 4.15. The molecule has 6 heteroatoms. The molecule has 0 bridgehead atoms. The number of carbonyl (C=O) groups excluding carboxylic acids is 1. The molecule has 1 rings (SSSR count). The largest absolute Gasteiger partial charge is 0.479 e. The van der Waals surface area contributed by atoms with Gasteiger partial charge in [-0.2, -0.15) is 0 Å². The number of nitrogens with zero attached hydrogens (tertiary/aromatic N) is 1. The summed E-state index contributed by atoms with van der Waals surface area (Å²) >= 11 is 3.10. The second kappa shape index (κ2) is 3.61. The van der Waals surface area contributed by atoms with Crippen LogP contribution in [0.15, 0.2) is 10.7 Å². The zero-order valence-corrected chi connectivity index (χ0v) is 8.46. The Labute approximate surface area is 83.2 Å². The summed E-state index contributed by atoms with van der Waals surface area (Å²) in [5, 5.41) is 0. The van der Waals surface area contributed by atoms with Gasteiger partial charge in [-0.25, -0.2) is 4.98 Å². The monoisotopic (exact) mass is 245 g/mol. The Balaban J connectivity index is 3.35. The van der Waals surface area contributed by atoms with Gasteiger partial charge in [0.15, 0.2) is 0 Å². The van der Waals surface area contributed by atoms with Gasteiger partial charge in [-0.15, -0.1) is 0 Å².